The molecular weight excluding hydrogens is 661 g/mol. The minimum Gasteiger partial charge on any atom is -0.310 e. The Hall–Kier alpha value is -6.68. The highest BCUT2D eigenvalue weighted by molar-refractivity contribution is 7.26. The van der Waals surface area contributed by atoms with Crippen LogP contribution in [0, 0.1) is 0 Å². The van der Waals surface area contributed by atoms with E-state index < -0.39 is 0 Å². The van der Waals surface area contributed by atoms with E-state index in [9.17, 15) is 0 Å². The standard InChI is InChI=1S/C50H32N2S/c1-2-14-38(15-3-1)52-45-18-9-8-17-42(45)43-30-28-40(32-47(43)52)51(39-26-23-34(24-27-39)37-22-21-33-11-4-5-13-36(33)31-37)46-19-10-20-48-49(46)44-29-25-35-12-6-7-16-41(35)50(44)53-48/h1-32H. The topological polar surface area (TPSA) is 8.17 Å². The summed E-state index contributed by atoms with van der Waals surface area (Å²) >= 11 is 1.89. The third-order valence-electron chi connectivity index (χ3n) is 10.7. The lowest BCUT2D eigenvalue weighted by atomic mass is 10.0. The van der Waals surface area contributed by atoms with Crippen molar-refractivity contribution in [1.29, 1.82) is 0 Å². The van der Waals surface area contributed by atoms with E-state index in [0.29, 0.717) is 0 Å². The third kappa shape index (κ3) is 4.78. The van der Waals surface area contributed by atoms with Crippen molar-refractivity contribution in [3.05, 3.63) is 194 Å². The predicted octanol–water partition coefficient (Wildman–Crippen LogP) is 14.6. The summed E-state index contributed by atoms with van der Waals surface area (Å²) in [6.45, 7) is 0. The van der Waals surface area contributed by atoms with Crippen LogP contribution in [-0.2, 0) is 0 Å². The van der Waals surface area contributed by atoms with Gasteiger partial charge in [0.1, 0.15) is 0 Å². The lowest BCUT2D eigenvalue weighted by Gasteiger charge is -2.27. The molecule has 11 rings (SSSR count). The second kappa shape index (κ2) is 11.9. The van der Waals surface area contributed by atoms with Gasteiger partial charge in [-0.15, -0.1) is 11.3 Å². The Balaban J connectivity index is 1.16. The zero-order valence-electron chi connectivity index (χ0n) is 28.8. The minimum atomic E-state index is 1.11. The SMILES string of the molecule is c1ccc(-n2c3ccccc3c3ccc(N(c4ccc(-c5ccc6ccccc6c5)cc4)c4cccc5sc6c7ccccc7ccc6c45)cc32)cc1. The Bertz CT molecular complexity index is 3170. The van der Waals surface area contributed by atoms with Crippen LogP contribution in [0.2, 0.25) is 0 Å². The van der Waals surface area contributed by atoms with Crippen LogP contribution in [0.25, 0.3) is 80.3 Å². The number of para-hydroxylation sites is 2. The fraction of sp³-hybridized carbons (Fsp3) is 0. The Morgan fingerprint density at radius 1 is 0.396 bits per heavy atom. The number of hydrogen-bond donors (Lipinski definition) is 0. The first-order valence-electron chi connectivity index (χ1n) is 18.1. The molecule has 2 heterocycles. The maximum absolute atomic E-state index is 2.46. The summed E-state index contributed by atoms with van der Waals surface area (Å²) in [6.07, 6.45) is 0. The number of hydrogen-bond acceptors (Lipinski definition) is 2. The highest BCUT2D eigenvalue weighted by Crippen LogP contribution is 2.47. The van der Waals surface area contributed by atoms with Gasteiger partial charge in [0, 0.05) is 48.0 Å². The summed E-state index contributed by atoms with van der Waals surface area (Å²) < 4.78 is 5.02. The van der Waals surface area contributed by atoms with Gasteiger partial charge in [-0.2, -0.15) is 0 Å². The molecule has 0 N–H and O–H groups in total. The van der Waals surface area contributed by atoms with Gasteiger partial charge in [-0.25, -0.2) is 0 Å². The van der Waals surface area contributed by atoms with E-state index in [0.717, 1.165) is 17.1 Å². The molecule has 3 heteroatoms. The Kier molecular flexibility index (Phi) is 6.76. The Morgan fingerprint density at radius 2 is 1.06 bits per heavy atom. The van der Waals surface area contributed by atoms with Crippen LogP contribution < -0.4 is 4.90 Å². The van der Waals surface area contributed by atoms with E-state index in [4.69, 9.17) is 0 Å². The summed E-state index contributed by atoms with van der Waals surface area (Å²) in [7, 11) is 0. The van der Waals surface area contributed by atoms with Crippen molar-refractivity contribution in [1.82, 2.24) is 4.57 Å². The third-order valence-corrected chi connectivity index (χ3v) is 11.9. The molecule has 0 amide bonds. The Labute approximate surface area is 311 Å². The zero-order chi connectivity index (χ0) is 34.9. The van der Waals surface area contributed by atoms with Crippen molar-refractivity contribution in [2.24, 2.45) is 0 Å². The molecule has 0 saturated carbocycles. The molecule has 0 atom stereocenters. The number of thiophene rings is 1. The van der Waals surface area contributed by atoms with Gasteiger partial charge in [0.05, 0.1) is 16.7 Å². The van der Waals surface area contributed by atoms with E-state index in [2.05, 4.69) is 204 Å². The van der Waals surface area contributed by atoms with Crippen molar-refractivity contribution in [3.8, 4) is 16.8 Å². The number of rotatable bonds is 5. The van der Waals surface area contributed by atoms with Crippen LogP contribution in [-0.4, -0.2) is 4.57 Å². The Morgan fingerprint density at radius 3 is 1.92 bits per heavy atom. The summed E-state index contributed by atoms with van der Waals surface area (Å²) in [4.78, 5) is 2.46. The van der Waals surface area contributed by atoms with Crippen LogP contribution in [0.1, 0.15) is 0 Å². The van der Waals surface area contributed by atoms with Gasteiger partial charge in [-0.3, -0.25) is 0 Å². The van der Waals surface area contributed by atoms with Crippen molar-refractivity contribution in [2.75, 3.05) is 4.90 Å². The maximum Gasteiger partial charge on any atom is 0.0561 e. The first-order valence-corrected chi connectivity index (χ1v) is 18.9. The second-order valence-corrected chi connectivity index (χ2v) is 14.8. The van der Waals surface area contributed by atoms with E-state index in [-0.39, 0.29) is 0 Å². The lowest BCUT2D eigenvalue weighted by molar-refractivity contribution is 1.18. The summed E-state index contributed by atoms with van der Waals surface area (Å²) in [5.74, 6) is 0. The van der Waals surface area contributed by atoms with Gasteiger partial charge in [-0.1, -0.05) is 133 Å². The molecule has 11 aromatic rings. The van der Waals surface area contributed by atoms with Gasteiger partial charge < -0.3 is 9.47 Å². The molecule has 0 aliphatic rings. The van der Waals surface area contributed by atoms with Crippen molar-refractivity contribution >= 4 is 91.9 Å². The normalized spacial score (nSPS) is 11.8. The molecule has 2 nitrogen and oxygen atoms in total. The highest BCUT2D eigenvalue weighted by atomic mass is 32.1. The first kappa shape index (κ1) is 30.0. The van der Waals surface area contributed by atoms with Crippen LogP contribution >= 0.6 is 11.3 Å². The number of nitrogens with zero attached hydrogens (tertiary/aromatic N) is 2. The zero-order valence-corrected chi connectivity index (χ0v) is 29.6. The molecular formula is C50H32N2S. The largest absolute Gasteiger partial charge is 0.310 e. The molecule has 9 aromatic carbocycles. The molecule has 0 aliphatic carbocycles. The smallest absolute Gasteiger partial charge is 0.0561 e. The molecule has 0 bridgehead atoms. The van der Waals surface area contributed by atoms with Crippen LogP contribution in [0.3, 0.4) is 0 Å². The first-order chi connectivity index (χ1) is 26.3. The van der Waals surface area contributed by atoms with Crippen molar-refractivity contribution < 1.29 is 0 Å². The van der Waals surface area contributed by atoms with Crippen molar-refractivity contribution in [3.63, 3.8) is 0 Å². The molecule has 0 spiro atoms. The number of anilines is 3. The lowest BCUT2D eigenvalue weighted by Crippen LogP contribution is -2.10. The van der Waals surface area contributed by atoms with Gasteiger partial charge in [-0.05, 0) is 93.3 Å². The minimum absolute atomic E-state index is 1.11. The van der Waals surface area contributed by atoms with Gasteiger partial charge >= 0.3 is 0 Å². The monoisotopic (exact) mass is 692 g/mol. The van der Waals surface area contributed by atoms with Gasteiger partial charge in [0.2, 0.25) is 0 Å². The van der Waals surface area contributed by atoms with Gasteiger partial charge in [0.15, 0.2) is 0 Å². The summed E-state index contributed by atoms with van der Waals surface area (Å²) in [5, 5.41) is 10.1. The number of fused-ring (bicyclic) bond motifs is 9. The molecule has 0 saturated heterocycles. The van der Waals surface area contributed by atoms with E-state index in [1.54, 1.807) is 0 Å². The van der Waals surface area contributed by atoms with Gasteiger partial charge in [0.25, 0.3) is 0 Å². The fourth-order valence-corrected chi connectivity index (χ4v) is 9.53. The molecule has 53 heavy (non-hydrogen) atoms. The summed E-state index contributed by atoms with van der Waals surface area (Å²) in [6, 6.07) is 71.0. The van der Waals surface area contributed by atoms with Crippen LogP contribution in [0.15, 0.2) is 194 Å². The quantitative estimate of drug-likeness (QED) is 0.174. The van der Waals surface area contributed by atoms with Crippen LogP contribution in [0.5, 0.6) is 0 Å². The second-order valence-electron chi connectivity index (χ2n) is 13.7. The maximum atomic E-state index is 2.46. The predicted molar refractivity (Wildman–Crippen MR) is 229 cm³/mol. The average molecular weight is 693 g/mol. The molecule has 0 fully saturated rings. The molecule has 0 radical (unpaired) electrons. The van der Waals surface area contributed by atoms with Crippen LogP contribution in [0.4, 0.5) is 17.1 Å². The van der Waals surface area contributed by atoms with E-state index >= 15 is 0 Å². The number of aromatic nitrogens is 1. The summed E-state index contributed by atoms with van der Waals surface area (Å²) in [5.41, 5.74) is 9.35. The van der Waals surface area contributed by atoms with E-state index in [1.165, 1.54) is 80.3 Å². The molecule has 0 aliphatic heterocycles. The molecule has 248 valence electrons. The number of benzene rings is 9. The highest BCUT2D eigenvalue weighted by Gasteiger charge is 2.21. The average Bonchev–Trinajstić information content (AvgIpc) is 3.78. The fourth-order valence-electron chi connectivity index (χ4n) is 8.27. The molecule has 0 unspecified atom stereocenters. The molecule has 2 aromatic heterocycles. The van der Waals surface area contributed by atoms with E-state index in [1.807, 2.05) is 11.3 Å². The van der Waals surface area contributed by atoms with Crippen molar-refractivity contribution in [2.45, 2.75) is 0 Å².